The zero-order valence-electron chi connectivity index (χ0n) is 19.4. The summed E-state index contributed by atoms with van der Waals surface area (Å²) in [7, 11) is 0. The van der Waals surface area contributed by atoms with Crippen LogP contribution in [0.4, 0.5) is 0 Å². The first-order valence-corrected chi connectivity index (χ1v) is 11.2. The van der Waals surface area contributed by atoms with Crippen LogP contribution < -0.4 is 4.74 Å². The van der Waals surface area contributed by atoms with Crippen molar-refractivity contribution in [2.75, 3.05) is 6.61 Å². The Kier molecular flexibility index (Phi) is 6.72. The maximum absolute atomic E-state index is 13.2. The van der Waals surface area contributed by atoms with Crippen LogP contribution >= 0.6 is 0 Å². The van der Waals surface area contributed by atoms with Gasteiger partial charge >= 0.3 is 0 Å². The van der Waals surface area contributed by atoms with Gasteiger partial charge in [-0.2, -0.15) is 0 Å². The summed E-state index contributed by atoms with van der Waals surface area (Å²) in [5, 5.41) is 11.3. The lowest BCUT2D eigenvalue weighted by Gasteiger charge is -2.25. The number of hydrogen-bond donors (Lipinski definition) is 1. The van der Waals surface area contributed by atoms with Gasteiger partial charge in [-0.1, -0.05) is 26.0 Å². The number of nitrogens with zero attached hydrogens (tertiary/aromatic N) is 3. The Hall–Kier alpha value is -4.00. The smallest absolute Gasteiger partial charge is 0.295 e. The van der Waals surface area contributed by atoms with E-state index in [1.807, 2.05) is 13.0 Å². The van der Waals surface area contributed by atoms with Crippen LogP contribution in [0.25, 0.3) is 5.76 Å². The maximum atomic E-state index is 13.2. The molecule has 2 aromatic heterocycles. The molecule has 4 rings (SSSR count). The molecule has 1 amide bonds. The van der Waals surface area contributed by atoms with E-state index >= 15 is 0 Å². The van der Waals surface area contributed by atoms with Gasteiger partial charge in [0.2, 0.25) is 0 Å². The van der Waals surface area contributed by atoms with Crippen LogP contribution in [-0.2, 0) is 16.1 Å². The van der Waals surface area contributed by atoms with E-state index in [2.05, 4.69) is 23.8 Å². The number of aliphatic hydroxyl groups excluding tert-OH is 1. The molecule has 1 aliphatic heterocycles. The van der Waals surface area contributed by atoms with Crippen molar-refractivity contribution in [3.05, 3.63) is 95.1 Å². The van der Waals surface area contributed by atoms with E-state index in [9.17, 15) is 14.7 Å². The van der Waals surface area contributed by atoms with Crippen molar-refractivity contribution in [1.29, 1.82) is 0 Å². The Bertz CT molecular complexity index is 1220. The lowest BCUT2D eigenvalue weighted by atomic mass is 9.95. The van der Waals surface area contributed by atoms with Crippen molar-refractivity contribution >= 4 is 17.4 Å². The number of ether oxygens (including phenoxy) is 1. The molecular weight excluding hydrogens is 430 g/mol. The highest BCUT2D eigenvalue weighted by Gasteiger charge is 2.46. The summed E-state index contributed by atoms with van der Waals surface area (Å²) in [6, 6.07) is 11.6. The third-order valence-corrected chi connectivity index (χ3v) is 5.64. The van der Waals surface area contributed by atoms with Gasteiger partial charge in [-0.15, -0.1) is 0 Å². The van der Waals surface area contributed by atoms with Gasteiger partial charge in [-0.25, -0.2) is 0 Å². The van der Waals surface area contributed by atoms with E-state index in [0.717, 1.165) is 11.1 Å². The normalized spacial score (nSPS) is 17.4. The molecular formula is C27H27N3O4. The van der Waals surface area contributed by atoms with Gasteiger partial charge in [-0.3, -0.25) is 19.6 Å². The fourth-order valence-corrected chi connectivity index (χ4v) is 3.99. The minimum Gasteiger partial charge on any atom is -0.507 e. The summed E-state index contributed by atoms with van der Waals surface area (Å²) < 4.78 is 5.83. The molecule has 1 fully saturated rings. The van der Waals surface area contributed by atoms with Crippen molar-refractivity contribution in [3.63, 3.8) is 0 Å². The predicted octanol–water partition coefficient (Wildman–Crippen LogP) is 4.44. The Balaban J connectivity index is 1.77. The molecule has 3 aromatic rings. The van der Waals surface area contributed by atoms with Gasteiger partial charge in [0.25, 0.3) is 11.7 Å². The third-order valence-electron chi connectivity index (χ3n) is 5.64. The van der Waals surface area contributed by atoms with E-state index in [4.69, 9.17) is 4.74 Å². The number of Topliss-reactive ketones (excluding diaryl/α,β-unsaturated/α-hetero) is 1. The average Bonchev–Trinajstić information content (AvgIpc) is 3.09. The first-order chi connectivity index (χ1) is 16.4. The van der Waals surface area contributed by atoms with Crippen molar-refractivity contribution < 1.29 is 19.4 Å². The standard InChI is InChI=1S/C27H27N3O4/c1-17(2)16-34-22-9-8-20(12-18(22)3)25(31)23-24(21-7-5-11-29-14-21)30(27(33)26(23)32)15-19-6-4-10-28-13-19/h4-14,17,24,31H,15-16H2,1-3H3/t24-/m1/s1. The van der Waals surface area contributed by atoms with Crippen LogP contribution in [-0.4, -0.2) is 38.3 Å². The van der Waals surface area contributed by atoms with Crippen LogP contribution in [0.2, 0.25) is 0 Å². The molecule has 0 aliphatic carbocycles. The molecule has 1 aliphatic rings. The molecule has 1 N–H and O–H groups in total. The summed E-state index contributed by atoms with van der Waals surface area (Å²) in [5.41, 5.74) is 2.73. The Morgan fingerprint density at radius 1 is 1.09 bits per heavy atom. The van der Waals surface area contributed by atoms with Crippen LogP contribution in [0.3, 0.4) is 0 Å². The molecule has 7 nitrogen and oxygen atoms in total. The first kappa shape index (κ1) is 23.2. The van der Waals surface area contributed by atoms with Crippen LogP contribution in [0.5, 0.6) is 5.75 Å². The third kappa shape index (κ3) is 4.69. The molecule has 7 heteroatoms. The Morgan fingerprint density at radius 2 is 1.82 bits per heavy atom. The molecule has 1 atom stereocenters. The number of aromatic nitrogens is 2. The van der Waals surface area contributed by atoms with Gasteiger partial charge in [-0.05, 0) is 59.9 Å². The van der Waals surface area contributed by atoms with Crippen LogP contribution in [0.15, 0.2) is 72.8 Å². The van der Waals surface area contributed by atoms with E-state index < -0.39 is 17.7 Å². The predicted molar refractivity (Wildman–Crippen MR) is 128 cm³/mol. The van der Waals surface area contributed by atoms with Crippen molar-refractivity contribution in [3.8, 4) is 5.75 Å². The fraction of sp³-hybridized carbons (Fsp3) is 0.259. The fourth-order valence-electron chi connectivity index (χ4n) is 3.99. The van der Waals surface area contributed by atoms with Gasteiger partial charge in [0, 0.05) is 36.9 Å². The van der Waals surface area contributed by atoms with E-state index in [-0.39, 0.29) is 17.9 Å². The summed E-state index contributed by atoms with van der Waals surface area (Å²) in [4.78, 5) is 36.0. The number of carbonyl (C=O) groups excluding carboxylic acids is 2. The molecule has 1 saturated heterocycles. The largest absolute Gasteiger partial charge is 0.507 e. The molecule has 0 radical (unpaired) electrons. The minimum absolute atomic E-state index is 0.0390. The van der Waals surface area contributed by atoms with Gasteiger partial charge in [0.15, 0.2) is 0 Å². The molecule has 34 heavy (non-hydrogen) atoms. The molecule has 1 aromatic carbocycles. The lowest BCUT2D eigenvalue weighted by molar-refractivity contribution is -0.140. The number of carbonyl (C=O) groups is 2. The monoisotopic (exact) mass is 457 g/mol. The topological polar surface area (TPSA) is 92.6 Å². The van der Waals surface area contributed by atoms with E-state index in [0.29, 0.717) is 29.4 Å². The highest BCUT2D eigenvalue weighted by atomic mass is 16.5. The molecule has 0 bridgehead atoms. The minimum atomic E-state index is -0.772. The molecule has 3 heterocycles. The highest BCUT2D eigenvalue weighted by molar-refractivity contribution is 6.46. The van der Waals surface area contributed by atoms with E-state index in [1.54, 1.807) is 61.2 Å². The number of pyridine rings is 2. The number of benzene rings is 1. The van der Waals surface area contributed by atoms with Crippen molar-refractivity contribution in [1.82, 2.24) is 14.9 Å². The number of likely N-dealkylation sites (tertiary alicyclic amines) is 1. The van der Waals surface area contributed by atoms with Gasteiger partial charge in [0.1, 0.15) is 11.5 Å². The van der Waals surface area contributed by atoms with Crippen molar-refractivity contribution in [2.45, 2.75) is 33.4 Å². The summed E-state index contributed by atoms with van der Waals surface area (Å²) in [5.74, 6) is -0.533. The van der Waals surface area contributed by atoms with Gasteiger partial charge < -0.3 is 14.7 Å². The van der Waals surface area contributed by atoms with Crippen LogP contribution in [0.1, 0.15) is 42.1 Å². The molecule has 0 unspecified atom stereocenters. The quantitative estimate of drug-likeness (QED) is 0.320. The second kappa shape index (κ2) is 9.87. The average molecular weight is 458 g/mol. The Labute approximate surface area is 198 Å². The number of hydrogen-bond acceptors (Lipinski definition) is 6. The number of rotatable bonds is 7. The zero-order chi connectivity index (χ0) is 24.2. The number of ketones is 1. The van der Waals surface area contributed by atoms with E-state index in [1.165, 1.54) is 4.90 Å². The summed E-state index contributed by atoms with van der Waals surface area (Å²) in [6.45, 7) is 6.77. The van der Waals surface area contributed by atoms with Gasteiger partial charge in [0.05, 0.1) is 18.2 Å². The maximum Gasteiger partial charge on any atom is 0.295 e. The molecule has 0 spiro atoms. The first-order valence-electron chi connectivity index (χ1n) is 11.2. The Morgan fingerprint density at radius 3 is 2.44 bits per heavy atom. The molecule has 174 valence electrons. The van der Waals surface area contributed by atoms with Crippen molar-refractivity contribution in [2.24, 2.45) is 5.92 Å². The second-order valence-electron chi connectivity index (χ2n) is 8.76. The van der Waals surface area contributed by atoms with Crippen LogP contribution in [0, 0.1) is 12.8 Å². The molecule has 0 saturated carbocycles. The summed E-state index contributed by atoms with van der Waals surface area (Å²) >= 11 is 0. The lowest BCUT2D eigenvalue weighted by Crippen LogP contribution is -2.29. The summed E-state index contributed by atoms with van der Waals surface area (Å²) in [6.07, 6.45) is 6.52. The second-order valence-corrected chi connectivity index (χ2v) is 8.76. The zero-order valence-corrected chi connectivity index (χ0v) is 19.4. The number of aryl methyl sites for hydroxylation is 1. The highest BCUT2D eigenvalue weighted by Crippen LogP contribution is 2.40. The number of amides is 1. The number of aliphatic hydroxyl groups is 1. The SMILES string of the molecule is Cc1cc(C(O)=C2C(=O)C(=O)N(Cc3cccnc3)[C@@H]2c2cccnc2)ccc1OCC(C)C.